The maximum absolute atomic E-state index is 13.2. The van der Waals surface area contributed by atoms with Crippen molar-refractivity contribution in [1.82, 2.24) is 0 Å². The van der Waals surface area contributed by atoms with E-state index >= 15 is 0 Å². The fraction of sp³-hybridized carbons (Fsp3) is 0.0909. The van der Waals surface area contributed by atoms with Gasteiger partial charge in [0.2, 0.25) is 0 Å². The highest BCUT2D eigenvalue weighted by molar-refractivity contribution is 7.07. The highest BCUT2D eigenvalue weighted by Crippen LogP contribution is 2.20. The maximum atomic E-state index is 13.2. The Kier molecular flexibility index (Phi) is 3.14. The van der Waals surface area contributed by atoms with Crippen molar-refractivity contribution < 1.29 is 13.2 Å². The normalized spacial score (nSPS) is 10.4. The first-order valence-corrected chi connectivity index (χ1v) is 5.51. The van der Waals surface area contributed by atoms with Gasteiger partial charge in [-0.25, -0.2) is 13.2 Å². The number of thiophene rings is 1. The number of halogens is 3. The van der Waals surface area contributed by atoms with Crippen molar-refractivity contribution >= 4 is 17.0 Å². The van der Waals surface area contributed by atoms with Crippen LogP contribution in [0.25, 0.3) is 0 Å². The summed E-state index contributed by atoms with van der Waals surface area (Å²) in [5.74, 6) is -3.82. The number of rotatable bonds is 3. The molecule has 0 radical (unpaired) electrons. The molecule has 1 aromatic carbocycles. The maximum Gasteiger partial charge on any atom is 0.196 e. The van der Waals surface area contributed by atoms with E-state index in [1.54, 1.807) is 0 Å². The van der Waals surface area contributed by atoms with E-state index in [4.69, 9.17) is 0 Å². The molecule has 1 nitrogen and oxygen atoms in total. The van der Waals surface area contributed by atoms with Gasteiger partial charge >= 0.3 is 0 Å². The van der Waals surface area contributed by atoms with Gasteiger partial charge in [0.15, 0.2) is 17.5 Å². The second-order valence-electron chi connectivity index (χ2n) is 3.21. The monoisotopic (exact) mass is 243 g/mol. The van der Waals surface area contributed by atoms with Crippen molar-refractivity contribution in [3.8, 4) is 0 Å². The molecule has 2 aromatic rings. The summed E-state index contributed by atoms with van der Waals surface area (Å²) >= 11 is 1.52. The first-order valence-electron chi connectivity index (χ1n) is 4.57. The summed E-state index contributed by atoms with van der Waals surface area (Å²) in [6, 6.07) is 3.95. The molecule has 0 aliphatic rings. The van der Waals surface area contributed by atoms with Gasteiger partial charge in [-0.2, -0.15) is 11.3 Å². The van der Waals surface area contributed by atoms with E-state index < -0.39 is 17.5 Å². The molecule has 1 aromatic heterocycles. The number of hydrogen-bond donors (Lipinski definition) is 1. The third kappa shape index (κ3) is 2.19. The van der Waals surface area contributed by atoms with Crippen LogP contribution in [0.2, 0.25) is 0 Å². The Labute approximate surface area is 94.5 Å². The van der Waals surface area contributed by atoms with Crippen LogP contribution in [0, 0.1) is 17.5 Å². The zero-order valence-corrected chi connectivity index (χ0v) is 8.95. The molecule has 0 fully saturated rings. The summed E-state index contributed by atoms with van der Waals surface area (Å²) < 4.78 is 38.7. The van der Waals surface area contributed by atoms with Crippen LogP contribution in [0.1, 0.15) is 5.56 Å². The lowest BCUT2D eigenvalue weighted by atomic mass is 10.2. The van der Waals surface area contributed by atoms with E-state index in [2.05, 4.69) is 5.32 Å². The van der Waals surface area contributed by atoms with Crippen LogP contribution in [-0.2, 0) is 6.54 Å². The molecule has 0 aliphatic heterocycles. The number of hydrogen-bond acceptors (Lipinski definition) is 2. The molecule has 16 heavy (non-hydrogen) atoms. The first kappa shape index (κ1) is 11.0. The van der Waals surface area contributed by atoms with E-state index in [0.29, 0.717) is 6.54 Å². The lowest BCUT2D eigenvalue weighted by Gasteiger charge is -2.07. The molecule has 1 heterocycles. The Hall–Kier alpha value is -1.49. The van der Waals surface area contributed by atoms with Crippen molar-refractivity contribution in [3.05, 3.63) is 52.0 Å². The summed E-state index contributed by atoms with van der Waals surface area (Å²) in [6.45, 7) is 0.380. The molecule has 84 valence electrons. The van der Waals surface area contributed by atoms with Crippen molar-refractivity contribution in [2.45, 2.75) is 6.54 Å². The van der Waals surface area contributed by atoms with Crippen LogP contribution in [-0.4, -0.2) is 0 Å². The summed E-state index contributed by atoms with van der Waals surface area (Å²) in [6.07, 6.45) is 0. The zero-order valence-electron chi connectivity index (χ0n) is 8.14. The zero-order chi connectivity index (χ0) is 11.5. The topological polar surface area (TPSA) is 12.0 Å². The van der Waals surface area contributed by atoms with Gasteiger partial charge in [-0.05, 0) is 34.5 Å². The number of nitrogens with one attached hydrogen (secondary N) is 1. The second kappa shape index (κ2) is 4.57. The summed E-state index contributed by atoms with van der Waals surface area (Å²) in [5, 5.41) is 6.49. The van der Waals surface area contributed by atoms with E-state index in [-0.39, 0.29) is 5.69 Å². The molecule has 0 aliphatic carbocycles. The minimum absolute atomic E-state index is 0.0369. The molecule has 0 saturated carbocycles. The average molecular weight is 243 g/mol. The van der Waals surface area contributed by atoms with Gasteiger partial charge in [0, 0.05) is 6.54 Å². The minimum Gasteiger partial charge on any atom is -0.378 e. The van der Waals surface area contributed by atoms with Crippen LogP contribution >= 0.6 is 11.3 Å². The van der Waals surface area contributed by atoms with Crippen LogP contribution in [0.4, 0.5) is 18.9 Å². The fourth-order valence-electron chi connectivity index (χ4n) is 1.25. The SMILES string of the molecule is Fc1ccc(NCc2ccsc2)c(F)c1F. The predicted octanol–water partition coefficient (Wildman–Crippen LogP) is 3.78. The van der Waals surface area contributed by atoms with Crippen LogP contribution in [0.15, 0.2) is 29.0 Å². The lowest BCUT2D eigenvalue weighted by molar-refractivity contribution is 0.449. The first-order chi connectivity index (χ1) is 7.68. The third-order valence-corrected chi connectivity index (χ3v) is 2.83. The standard InChI is InChI=1S/C11H8F3NS/c12-8-1-2-9(11(14)10(8)13)15-5-7-3-4-16-6-7/h1-4,6,15H,5H2. The predicted molar refractivity (Wildman–Crippen MR) is 58.0 cm³/mol. The van der Waals surface area contributed by atoms with Crippen molar-refractivity contribution in [2.75, 3.05) is 5.32 Å². The smallest absolute Gasteiger partial charge is 0.196 e. The molecule has 0 saturated heterocycles. The molecule has 0 spiro atoms. The van der Waals surface area contributed by atoms with E-state index in [0.717, 1.165) is 11.6 Å². The fourth-order valence-corrected chi connectivity index (χ4v) is 1.92. The molecule has 1 N–H and O–H groups in total. The molecule has 0 atom stereocenters. The molecule has 5 heteroatoms. The number of benzene rings is 1. The van der Waals surface area contributed by atoms with Crippen molar-refractivity contribution in [1.29, 1.82) is 0 Å². The molecule has 2 rings (SSSR count). The summed E-state index contributed by atoms with van der Waals surface area (Å²) in [4.78, 5) is 0. The summed E-state index contributed by atoms with van der Waals surface area (Å²) in [5.41, 5.74) is 0.930. The van der Waals surface area contributed by atoms with E-state index in [1.807, 2.05) is 16.8 Å². The van der Waals surface area contributed by atoms with Crippen LogP contribution in [0.3, 0.4) is 0 Å². The van der Waals surface area contributed by atoms with Crippen LogP contribution in [0.5, 0.6) is 0 Å². The van der Waals surface area contributed by atoms with Gasteiger partial charge in [0.1, 0.15) is 0 Å². The van der Waals surface area contributed by atoms with E-state index in [9.17, 15) is 13.2 Å². The van der Waals surface area contributed by atoms with E-state index in [1.165, 1.54) is 17.4 Å². The highest BCUT2D eigenvalue weighted by Gasteiger charge is 2.12. The van der Waals surface area contributed by atoms with Gasteiger partial charge in [-0.15, -0.1) is 0 Å². The van der Waals surface area contributed by atoms with Gasteiger partial charge in [-0.3, -0.25) is 0 Å². The molecule has 0 amide bonds. The average Bonchev–Trinajstić information content (AvgIpc) is 2.78. The van der Waals surface area contributed by atoms with Crippen LogP contribution < -0.4 is 5.32 Å². The molecular weight excluding hydrogens is 235 g/mol. The lowest BCUT2D eigenvalue weighted by Crippen LogP contribution is -2.03. The Bertz CT molecular complexity index is 482. The number of anilines is 1. The Morgan fingerprint density at radius 3 is 2.56 bits per heavy atom. The Morgan fingerprint density at radius 1 is 1.06 bits per heavy atom. The van der Waals surface area contributed by atoms with Crippen molar-refractivity contribution in [3.63, 3.8) is 0 Å². The van der Waals surface area contributed by atoms with Crippen molar-refractivity contribution in [2.24, 2.45) is 0 Å². The summed E-state index contributed by atoms with van der Waals surface area (Å²) in [7, 11) is 0. The second-order valence-corrected chi connectivity index (χ2v) is 3.99. The van der Waals surface area contributed by atoms with Gasteiger partial charge < -0.3 is 5.32 Å². The van der Waals surface area contributed by atoms with Gasteiger partial charge in [0.05, 0.1) is 5.69 Å². The minimum atomic E-state index is -1.45. The molecular formula is C11H8F3NS. The third-order valence-electron chi connectivity index (χ3n) is 2.10. The Balaban J connectivity index is 2.13. The van der Waals surface area contributed by atoms with Gasteiger partial charge in [0.25, 0.3) is 0 Å². The molecule has 0 bridgehead atoms. The Morgan fingerprint density at radius 2 is 1.88 bits per heavy atom. The highest BCUT2D eigenvalue weighted by atomic mass is 32.1. The van der Waals surface area contributed by atoms with Gasteiger partial charge in [-0.1, -0.05) is 0 Å². The molecule has 0 unspecified atom stereocenters. The largest absolute Gasteiger partial charge is 0.378 e. The quantitative estimate of drug-likeness (QED) is 0.809.